The van der Waals surface area contributed by atoms with E-state index in [9.17, 15) is 5.11 Å². The largest absolute Gasteiger partial charge is 0.490 e. The van der Waals surface area contributed by atoms with Crippen molar-refractivity contribution in [3.8, 4) is 5.75 Å². The molecule has 100 valence electrons. The van der Waals surface area contributed by atoms with Crippen LogP contribution in [0.4, 0.5) is 0 Å². The molecule has 0 radical (unpaired) electrons. The zero-order valence-corrected chi connectivity index (χ0v) is 11.4. The first-order chi connectivity index (χ1) is 8.70. The maximum Gasteiger partial charge on any atom is 0.125 e. The van der Waals surface area contributed by atoms with Crippen molar-refractivity contribution in [3.63, 3.8) is 0 Å². The van der Waals surface area contributed by atoms with Crippen LogP contribution in [-0.2, 0) is 0 Å². The molecule has 0 heterocycles. The van der Waals surface area contributed by atoms with Crippen molar-refractivity contribution in [3.05, 3.63) is 29.8 Å². The van der Waals surface area contributed by atoms with E-state index in [0.717, 1.165) is 30.1 Å². The molecule has 0 unspecified atom stereocenters. The molecule has 0 bridgehead atoms. The molecule has 2 nitrogen and oxygen atoms in total. The average Bonchev–Trinajstić information content (AvgIpc) is 2.40. The first-order valence-corrected chi connectivity index (χ1v) is 7.14. The minimum Gasteiger partial charge on any atom is -0.490 e. The highest BCUT2D eigenvalue weighted by molar-refractivity contribution is 5.34. The second kappa shape index (κ2) is 6.24. The van der Waals surface area contributed by atoms with Gasteiger partial charge in [0, 0.05) is 5.56 Å². The summed E-state index contributed by atoms with van der Waals surface area (Å²) >= 11 is 0. The van der Waals surface area contributed by atoms with Crippen molar-refractivity contribution in [1.29, 1.82) is 0 Å². The number of benzene rings is 1. The molecule has 0 amide bonds. The van der Waals surface area contributed by atoms with Crippen LogP contribution >= 0.6 is 0 Å². The fraction of sp³-hybridized carbons (Fsp3) is 0.625. The van der Waals surface area contributed by atoms with Gasteiger partial charge in [-0.15, -0.1) is 0 Å². The number of hydrogen-bond donors (Lipinski definition) is 1. The molecule has 1 aliphatic rings. The smallest absolute Gasteiger partial charge is 0.125 e. The maximum absolute atomic E-state index is 9.73. The Labute approximate surface area is 110 Å². The van der Waals surface area contributed by atoms with Crippen LogP contribution in [-0.4, -0.2) is 11.2 Å². The lowest BCUT2D eigenvalue weighted by Gasteiger charge is -2.29. The Balaban J connectivity index is 1.98. The highest BCUT2D eigenvalue weighted by atomic mass is 16.5. The van der Waals surface area contributed by atoms with Crippen LogP contribution < -0.4 is 4.74 Å². The van der Waals surface area contributed by atoms with E-state index < -0.39 is 6.10 Å². The van der Waals surface area contributed by atoms with Crippen LogP contribution in [0.1, 0.15) is 57.6 Å². The molecule has 2 rings (SSSR count). The maximum atomic E-state index is 9.73. The molecule has 1 N–H and O–H groups in total. The van der Waals surface area contributed by atoms with E-state index in [1.54, 1.807) is 6.92 Å². The molecule has 0 saturated heterocycles. The molecular formula is C16H24O2. The van der Waals surface area contributed by atoms with Crippen molar-refractivity contribution in [1.82, 2.24) is 0 Å². The SMILES string of the molecule is CCC1CCC(Oc2ccccc2[C@H](C)O)CC1. The Hall–Kier alpha value is -1.02. The summed E-state index contributed by atoms with van der Waals surface area (Å²) in [5.41, 5.74) is 0.898. The quantitative estimate of drug-likeness (QED) is 0.869. The molecular weight excluding hydrogens is 224 g/mol. The van der Waals surface area contributed by atoms with Crippen LogP contribution in [0.5, 0.6) is 5.75 Å². The third-order valence-corrected chi connectivity index (χ3v) is 4.03. The standard InChI is InChI=1S/C16H24O2/c1-3-13-8-10-14(11-9-13)18-16-7-5-4-6-15(16)12(2)17/h4-7,12-14,17H,3,8-11H2,1-2H3/t12-,13?,14?/m0/s1. The first kappa shape index (κ1) is 13.4. The Bertz CT molecular complexity index is 365. The van der Waals surface area contributed by atoms with Crippen molar-refractivity contribution in [2.45, 2.75) is 58.2 Å². The molecule has 1 aromatic rings. The van der Waals surface area contributed by atoms with E-state index in [0.29, 0.717) is 6.10 Å². The van der Waals surface area contributed by atoms with Crippen molar-refractivity contribution >= 4 is 0 Å². The fourth-order valence-electron chi connectivity index (χ4n) is 2.77. The van der Waals surface area contributed by atoms with Crippen LogP contribution in [0, 0.1) is 5.92 Å². The third kappa shape index (κ3) is 3.26. The van der Waals surface area contributed by atoms with Crippen LogP contribution in [0.25, 0.3) is 0 Å². The van der Waals surface area contributed by atoms with Crippen LogP contribution in [0.2, 0.25) is 0 Å². The van der Waals surface area contributed by atoms with E-state index in [2.05, 4.69) is 6.92 Å². The summed E-state index contributed by atoms with van der Waals surface area (Å²) in [6, 6.07) is 7.83. The van der Waals surface area contributed by atoms with Crippen LogP contribution in [0.3, 0.4) is 0 Å². The predicted octanol–water partition coefficient (Wildman–Crippen LogP) is 4.09. The molecule has 0 spiro atoms. The van der Waals surface area contributed by atoms with E-state index in [1.807, 2.05) is 24.3 Å². The first-order valence-electron chi connectivity index (χ1n) is 7.14. The topological polar surface area (TPSA) is 29.5 Å². The number of aliphatic hydroxyl groups excluding tert-OH is 1. The summed E-state index contributed by atoms with van der Waals surface area (Å²) in [6.07, 6.45) is 5.99. The Morgan fingerprint density at radius 1 is 1.22 bits per heavy atom. The minimum atomic E-state index is -0.465. The zero-order valence-electron chi connectivity index (χ0n) is 11.4. The van der Waals surface area contributed by atoms with Gasteiger partial charge in [-0.3, -0.25) is 0 Å². The highest BCUT2D eigenvalue weighted by Gasteiger charge is 2.22. The van der Waals surface area contributed by atoms with Gasteiger partial charge in [-0.25, -0.2) is 0 Å². The molecule has 1 aromatic carbocycles. The number of ether oxygens (including phenoxy) is 1. The molecule has 1 atom stereocenters. The number of aliphatic hydroxyl groups is 1. The number of para-hydroxylation sites is 1. The Morgan fingerprint density at radius 3 is 2.50 bits per heavy atom. The monoisotopic (exact) mass is 248 g/mol. The summed E-state index contributed by atoms with van der Waals surface area (Å²) in [7, 11) is 0. The molecule has 0 aliphatic heterocycles. The van der Waals surface area contributed by atoms with Crippen molar-refractivity contribution in [2.24, 2.45) is 5.92 Å². The Kier molecular flexibility index (Phi) is 4.65. The van der Waals surface area contributed by atoms with Crippen molar-refractivity contribution in [2.75, 3.05) is 0 Å². The van der Waals surface area contributed by atoms with E-state index in [4.69, 9.17) is 4.74 Å². The summed E-state index contributed by atoms with van der Waals surface area (Å²) in [5.74, 6) is 1.74. The average molecular weight is 248 g/mol. The van der Waals surface area contributed by atoms with Gasteiger partial charge < -0.3 is 9.84 Å². The lowest BCUT2D eigenvalue weighted by Crippen LogP contribution is -2.24. The number of hydrogen-bond acceptors (Lipinski definition) is 2. The van der Waals surface area contributed by atoms with Gasteiger partial charge in [-0.2, -0.15) is 0 Å². The van der Waals surface area contributed by atoms with Gasteiger partial charge in [0.25, 0.3) is 0 Å². The fourth-order valence-corrected chi connectivity index (χ4v) is 2.77. The predicted molar refractivity (Wildman–Crippen MR) is 73.7 cm³/mol. The second-order valence-electron chi connectivity index (χ2n) is 5.38. The molecule has 1 aliphatic carbocycles. The highest BCUT2D eigenvalue weighted by Crippen LogP contribution is 2.32. The van der Waals surface area contributed by atoms with Crippen molar-refractivity contribution < 1.29 is 9.84 Å². The normalized spacial score (nSPS) is 25.7. The lowest BCUT2D eigenvalue weighted by atomic mass is 9.86. The summed E-state index contributed by atoms with van der Waals surface area (Å²) < 4.78 is 6.08. The second-order valence-corrected chi connectivity index (χ2v) is 5.38. The number of rotatable bonds is 4. The van der Waals surface area contributed by atoms with Gasteiger partial charge in [0.1, 0.15) is 5.75 Å². The summed E-state index contributed by atoms with van der Waals surface area (Å²) in [4.78, 5) is 0. The molecule has 1 fully saturated rings. The summed E-state index contributed by atoms with van der Waals surface area (Å²) in [5, 5.41) is 9.73. The lowest BCUT2D eigenvalue weighted by molar-refractivity contribution is 0.122. The molecule has 0 aromatic heterocycles. The zero-order chi connectivity index (χ0) is 13.0. The van der Waals surface area contributed by atoms with Gasteiger partial charge in [0.15, 0.2) is 0 Å². The molecule has 1 saturated carbocycles. The van der Waals surface area contributed by atoms with E-state index in [1.165, 1.54) is 19.3 Å². The van der Waals surface area contributed by atoms with Crippen LogP contribution in [0.15, 0.2) is 24.3 Å². The van der Waals surface area contributed by atoms with E-state index in [-0.39, 0.29) is 0 Å². The van der Waals surface area contributed by atoms with Gasteiger partial charge in [0.2, 0.25) is 0 Å². The van der Waals surface area contributed by atoms with Gasteiger partial charge in [-0.1, -0.05) is 31.5 Å². The van der Waals surface area contributed by atoms with Gasteiger partial charge >= 0.3 is 0 Å². The van der Waals surface area contributed by atoms with Gasteiger partial charge in [-0.05, 0) is 44.6 Å². The Morgan fingerprint density at radius 2 is 1.89 bits per heavy atom. The van der Waals surface area contributed by atoms with Gasteiger partial charge in [0.05, 0.1) is 12.2 Å². The third-order valence-electron chi connectivity index (χ3n) is 4.03. The minimum absolute atomic E-state index is 0.327. The summed E-state index contributed by atoms with van der Waals surface area (Å²) in [6.45, 7) is 4.06. The molecule has 2 heteroatoms. The molecule has 18 heavy (non-hydrogen) atoms. The van der Waals surface area contributed by atoms with E-state index >= 15 is 0 Å².